The summed E-state index contributed by atoms with van der Waals surface area (Å²) >= 11 is 0. The highest BCUT2D eigenvalue weighted by Crippen LogP contribution is 2.24. The lowest BCUT2D eigenvalue weighted by Gasteiger charge is -2.33. The number of nitrogens with zero attached hydrogens (tertiary/aromatic N) is 2. The second kappa shape index (κ2) is 11.2. The lowest BCUT2D eigenvalue weighted by Crippen LogP contribution is -2.44. The largest absolute Gasteiger partial charge is 0.465 e. The average Bonchev–Trinajstić information content (AvgIpc) is 3.26. The Balaban J connectivity index is 1.31. The zero-order valence-electron chi connectivity index (χ0n) is 19.7. The van der Waals surface area contributed by atoms with Gasteiger partial charge in [0.15, 0.2) is 0 Å². The summed E-state index contributed by atoms with van der Waals surface area (Å²) in [6.07, 6.45) is 3.61. The number of benzene rings is 1. The Morgan fingerprint density at radius 1 is 1.00 bits per heavy atom. The number of carbonyl (C=O) groups excluding carboxylic acids is 1. The number of anilines is 2. The molecule has 3 heterocycles. The van der Waals surface area contributed by atoms with Crippen LogP contribution in [0, 0.1) is 6.92 Å². The number of rotatable bonds is 9. The number of aryl methyl sites for hydroxylation is 1. The SMILES string of the molecule is Cc1ccc(C(CNC(=O)CS(=O)(=O)Nc2ccc(N3CCCCC3)cc2)N2CCOCC2)o1. The van der Waals surface area contributed by atoms with E-state index in [2.05, 4.69) is 19.8 Å². The van der Waals surface area contributed by atoms with Crippen LogP contribution in [0.25, 0.3) is 0 Å². The predicted octanol–water partition coefficient (Wildman–Crippen LogP) is 2.51. The van der Waals surface area contributed by atoms with Crippen LogP contribution in [-0.4, -0.2) is 70.9 Å². The molecule has 0 radical (unpaired) electrons. The number of ether oxygens (including phenoxy) is 1. The fourth-order valence-electron chi connectivity index (χ4n) is 4.47. The van der Waals surface area contributed by atoms with Crippen LogP contribution < -0.4 is 14.9 Å². The molecule has 2 N–H and O–H groups in total. The minimum Gasteiger partial charge on any atom is -0.465 e. The van der Waals surface area contributed by atoms with E-state index in [0.717, 1.165) is 30.3 Å². The van der Waals surface area contributed by atoms with Crippen molar-refractivity contribution in [3.8, 4) is 0 Å². The van der Waals surface area contributed by atoms with Crippen molar-refractivity contribution in [2.75, 3.05) is 61.3 Å². The van der Waals surface area contributed by atoms with Gasteiger partial charge in [0.1, 0.15) is 17.3 Å². The fourth-order valence-corrected chi connectivity index (χ4v) is 5.49. The van der Waals surface area contributed by atoms with Crippen LogP contribution in [0.5, 0.6) is 0 Å². The number of amides is 1. The van der Waals surface area contributed by atoms with Gasteiger partial charge in [-0.05, 0) is 62.6 Å². The standard InChI is InChI=1S/C24H34N4O5S/c1-19-5-10-23(33-19)22(28-13-15-32-16-14-28)17-25-24(29)18-34(30,31)26-20-6-8-21(9-7-20)27-11-3-2-4-12-27/h5-10,22,26H,2-4,11-18H2,1H3,(H,25,29). The molecule has 4 rings (SSSR count). The molecule has 34 heavy (non-hydrogen) atoms. The van der Waals surface area contributed by atoms with Crippen LogP contribution in [0.4, 0.5) is 11.4 Å². The third-order valence-electron chi connectivity index (χ3n) is 6.25. The van der Waals surface area contributed by atoms with E-state index in [1.807, 2.05) is 31.2 Å². The van der Waals surface area contributed by atoms with E-state index < -0.39 is 21.7 Å². The summed E-state index contributed by atoms with van der Waals surface area (Å²) in [7, 11) is -3.84. The van der Waals surface area contributed by atoms with Gasteiger partial charge in [0.25, 0.3) is 0 Å². The first-order chi connectivity index (χ1) is 16.4. The molecule has 186 valence electrons. The molecule has 2 aromatic rings. The summed E-state index contributed by atoms with van der Waals surface area (Å²) in [5.74, 6) is 0.333. The topological polar surface area (TPSA) is 104 Å². The fraction of sp³-hybridized carbons (Fsp3) is 0.542. The molecule has 2 aliphatic rings. The van der Waals surface area contributed by atoms with Crippen LogP contribution in [0.3, 0.4) is 0 Å². The molecule has 1 aromatic carbocycles. The Labute approximate surface area is 201 Å². The molecule has 1 unspecified atom stereocenters. The van der Waals surface area contributed by atoms with Crippen LogP contribution in [0.1, 0.15) is 36.8 Å². The summed E-state index contributed by atoms with van der Waals surface area (Å²) in [4.78, 5) is 17.0. The number of piperidine rings is 1. The number of furan rings is 1. The quantitative estimate of drug-likeness (QED) is 0.557. The van der Waals surface area contributed by atoms with Gasteiger partial charge in [-0.15, -0.1) is 0 Å². The maximum Gasteiger partial charge on any atom is 0.241 e. The van der Waals surface area contributed by atoms with Crippen molar-refractivity contribution < 1.29 is 22.4 Å². The minimum absolute atomic E-state index is 0.181. The monoisotopic (exact) mass is 490 g/mol. The van der Waals surface area contributed by atoms with Crippen LogP contribution >= 0.6 is 0 Å². The second-order valence-corrected chi connectivity index (χ2v) is 10.6. The van der Waals surface area contributed by atoms with E-state index in [1.54, 1.807) is 12.1 Å². The number of hydrogen-bond donors (Lipinski definition) is 2. The normalized spacial score (nSPS) is 18.4. The van der Waals surface area contributed by atoms with E-state index in [-0.39, 0.29) is 12.6 Å². The van der Waals surface area contributed by atoms with E-state index in [4.69, 9.17) is 9.15 Å². The zero-order chi connectivity index (χ0) is 24.0. The molecule has 2 fully saturated rings. The van der Waals surface area contributed by atoms with E-state index in [9.17, 15) is 13.2 Å². The van der Waals surface area contributed by atoms with Crippen molar-refractivity contribution in [3.63, 3.8) is 0 Å². The smallest absolute Gasteiger partial charge is 0.241 e. The van der Waals surface area contributed by atoms with Crippen molar-refractivity contribution in [2.45, 2.75) is 32.2 Å². The summed E-state index contributed by atoms with van der Waals surface area (Å²) in [5, 5.41) is 2.77. The van der Waals surface area contributed by atoms with Crippen molar-refractivity contribution in [3.05, 3.63) is 47.9 Å². The number of hydrogen-bond acceptors (Lipinski definition) is 7. The third-order valence-corrected chi connectivity index (χ3v) is 7.44. The Morgan fingerprint density at radius 2 is 1.71 bits per heavy atom. The van der Waals surface area contributed by atoms with Crippen LogP contribution in [0.2, 0.25) is 0 Å². The van der Waals surface area contributed by atoms with Gasteiger partial charge in [0.05, 0.1) is 19.3 Å². The first-order valence-corrected chi connectivity index (χ1v) is 13.6. The van der Waals surface area contributed by atoms with Gasteiger partial charge in [-0.25, -0.2) is 8.42 Å². The predicted molar refractivity (Wildman–Crippen MR) is 132 cm³/mol. The van der Waals surface area contributed by atoms with Gasteiger partial charge in [-0.3, -0.25) is 14.4 Å². The van der Waals surface area contributed by atoms with E-state index in [1.165, 1.54) is 19.3 Å². The number of nitrogens with one attached hydrogen (secondary N) is 2. The maximum absolute atomic E-state index is 12.6. The minimum atomic E-state index is -3.84. The van der Waals surface area contributed by atoms with Crippen molar-refractivity contribution >= 4 is 27.3 Å². The molecule has 1 atom stereocenters. The second-order valence-electron chi connectivity index (χ2n) is 8.87. The van der Waals surface area contributed by atoms with Crippen molar-refractivity contribution in [1.29, 1.82) is 0 Å². The lowest BCUT2D eigenvalue weighted by atomic mass is 10.1. The highest BCUT2D eigenvalue weighted by atomic mass is 32.2. The Bertz CT molecular complexity index is 1040. The van der Waals surface area contributed by atoms with Crippen LogP contribution in [-0.2, 0) is 19.6 Å². The molecule has 9 nitrogen and oxygen atoms in total. The highest BCUT2D eigenvalue weighted by molar-refractivity contribution is 7.93. The summed E-state index contributed by atoms with van der Waals surface area (Å²) in [6.45, 7) is 6.82. The molecular formula is C24H34N4O5S. The van der Waals surface area contributed by atoms with Gasteiger partial charge in [0, 0.05) is 44.1 Å². The van der Waals surface area contributed by atoms with Crippen molar-refractivity contribution in [2.24, 2.45) is 0 Å². The molecule has 1 aromatic heterocycles. The molecule has 0 aliphatic carbocycles. The van der Waals surface area contributed by atoms with E-state index in [0.29, 0.717) is 32.0 Å². The lowest BCUT2D eigenvalue weighted by molar-refractivity contribution is -0.119. The van der Waals surface area contributed by atoms with Gasteiger partial charge >= 0.3 is 0 Å². The average molecular weight is 491 g/mol. The Kier molecular flexibility index (Phi) is 8.12. The molecule has 0 spiro atoms. The molecule has 1 amide bonds. The Hall–Kier alpha value is -2.56. The van der Waals surface area contributed by atoms with Gasteiger partial charge in [-0.2, -0.15) is 0 Å². The number of morpholine rings is 1. The zero-order valence-corrected chi connectivity index (χ0v) is 20.5. The molecule has 2 aliphatic heterocycles. The Morgan fingerprint density at radius 3 is 2.35 bits per heavy atom. The maximum atomic E-state index is 12.6. The van der Waals surface area contributed by atoms with Gasteiger partial charge < -0.3 is 19.4 Å². The highest BCUT2D eigenvalue weighted by Gasteiger charge is 2.26. The van der Waals surface area contributed by atoms with Crippen LogP contribution in [0.15, 0.2) is 40.8 Å². The third kappa shape index (κ3) is 6.74. The number of sulfonamides is 1. The molecule has 2 saturated heterocycles. The summed E-state index contributed by atoms with van der Waals surface area (Å²) in [5.41, 5.74) is 1.54. The number of carbonyl (C=O) groups is 1. The first-order valence-electron chi connectivity index (χ1n) is 11.9. The molecule has 10 heteroatoms. The van der Waals surface area contributed by atoms with E-state index >= 15 is 0 Å². The first kappa shape index (κ1) is 24.6. The molecular weight excluding hydrogens is 456 g/mol. The molecule has 0 saturated carbocycles. The van der Waals surface area contributed by atoms with Crippen molar-refractivity contribution in [1.82, 2.24) is 10.2 Å². The molecule has 0 bridgehead atoms. The van der Waals surface area contributed by atoms with Gasteiger partial charge in [0.2, 0.25) is 15.9 Å². The van der Waals surface area contributed by atoms with Gasteiger partial charge in [-0.1, -0.05) is 0 Å². The summed E-state index contributed by atoms with van der Waals surface area (Å²) < 4.78 is 38.9. The summed E-state index contributed by atoms with van der Waals surface area (Å²) in [6, 6.07) is 10.9.